The van der Waals surface area contributed by atoms with Crippen molar-refractivity contribution in [3.8, 4) is 5.75 Å². The summed E-state index contributed by atoms with van der Waals surface area (Å²) in [7, 11) is 1.30. The van der Waals surface area contributed by atoms with Crippen LogP contribution >= 0.6 is 0 Å². The summed E-state index contributed by atoms with van der Waals surface area (Å²) in [6.07, 6.45) is -0.277. The van der Waals surface area contributed by atoms with Crippen LogP contribution in [-0.2, 0) is 4.74 Å². The average Bonchev–Trinajstić information content (AvgIpc) is 2.91. The monoisotopic (exact) mass is 186 g/mol. The molecule has 1 aliphatic rings. The van der Waals surface area contributed by atoms with Crippen LogP contribution < -0.4 is 4.74 Å². The first-order valence-corrected chi connectivity index (χ1v) is 3.87. The highest BCUT2D eigenvalue weighted by Gasteiger charge is 2.29. The van der Waals surface area contributed by atoms with E-state index in [1.165, 1.54) is 7.11 Å². The molecule has 0 aliphatic carbocycles. The lowest BCUT2D eigenvalue weighted by Gasteiger charge is -2.04. The van der Waals surface area contributed by atoms with Gasteiger partial charge in [-0.3, -0.25) is 0 Å². The molecule has 1 heterocycles. The third-order valence-electron chi connectivity index (χ3n) is 1.95. The Kier molecular flexibility index (Phi) is 1.92. The first kappa shape index (κ1) is 8.44. The van der Waals surface area contributed by atoms with E-state index in [1.807, 2.05) is 0 Å². The third kappa shape index (κ3) is 1.49. The van der Waals surface area contributed by atoms with Crippen LogP contribution in [0.3, 0.4) is 0 Å². The number of halogens is 2. The van der Waals surface area contributed by atoms with Gasteiger partial charge in [0.2, 0.25) is 0 Å². The Morgan fingerprint density at radius 2 is 2.08 bits per heavy atom. The molecular formula is C9H8F2O2. The van der Waals surface area contributed by atoms with Gasteiger partial charge < -0.3 is 9.47 Å². The Bertz CT molecular complexity index is 335. The van der Waals surface area contributed by atoms with Gasteiger partial charge in [-0.2, -0.15) is 0 Å². The topological polar surface area (TPSA) is 21.8 Å². The van der Waals surface area contributed by atoms with Crippen molar-refractivity contribution >= 4 is 0 Å². The Balaban J connectivity index is 2.42. The van der Waals surface area contributed by atoms with E-state index in [0.29, 0.717) is 6.61 Å². The van der Waals surface area contributed by atoms with Crippen LogP contribution in [0.5, 0.6) is 5.75 Å². The minimum Gasteiger partial charge on any atom is -0.494 e. The smallest absolute Gasteiger partial charge is 0.165 e. The van der Waals surface area contributed by atoms with Gasteiger partial charge in [0.1, 0.15) is 11.9 Å². The molecule has 1 aromatic carbocycles. The molecule has 0 radical (unpaired) electrons. The summed E-state index contributed by atoms with van der Waals surface area (Å²) < 4.78 is 35.7. The van der Waals surface area contributed by atoms with Crippen molar-refractivity contribution in [3.05, 3.63) is 29.3 Å². The SMILES string of the molecule is COc1cc(F)c(C2CO2)cc1F. The maximum Gasteiger partial charge on any atom is 0.165 e. The Morgan fingerprint density at radius 1 is 1.38 bits per heavy atom. The van der Waals surface area contributed by atoms with Gasteiger partial charge in [0.25, 0.3) is 0 Å². The Labute approximate surface area is 74.1 Å². The molecule has 0 aromatic heterocycles. The van der Waals surface area contributed by atoms with Crippen molar-refractivity contribution in [2.75, 3.05) is 13.7 Å². The Hall–Kier alpha value is -1.16. The van der Waals surface area contributed by atoms with Crippen molar-refractivity contribution in [2.45, 2.75) is 6.10 Å². The fourth-order valence-electron chi connectivity index (χ4n) is 1.17. The quantitative estimate of drug-likeness (QED) is 0.659. The first-order chi connectivity index (χ1) is 6.22. The molecule has 0 N–H and O–H groups in total. The zero-order valence-electron chi connectivity index (χ0n) is 7.01. The molecule has 2 rings (SSSR count). The Morgan fingerprint density at radius 3 is 2.62 bits per heavy atom. The molecule has 1 unspecified atom stereocenters. The predicted molar refractivity (Wildman–Crippen MR) is 41.6 cm³/mol. The molecule has 1 aromatic rings. The van der Waals surface area contributed by atoms with Gasteiger partial charge in [-0.1, -0.05) is 0 Å². The van der Waals surface area contributed by atoms with E-state index in [9.17, 15) is 8.78 Å². The fourth-order valence-corrected chi connectivity index (χ4v) is 1.17. The van der Waals surface area contributed by atoms with Gasteiger partial charge in [-0.15, -0.1) is 0 Å². The highest BCUT2D eigenvalue weighted by Crippen LogP contribution is 2.34. The van der Waals surface area contributed by atoms with Gasteiger partial charge in [0, 0.05) is 11.6 Å². The van der Waals surface area contributed by atoms with E-state index >= 15 is 0 Å². The second kappa shape index (κ2) is 2.96. The van der Waals surface area contributed by atoms with E-state index in [-0.39, 0.29) is 17.4 Å². The van der Waals surface area contributed by atoms with Crippen LogP contribution in [0.4, 0.5) is 8.78 Å². The fraction of sp³-hybridized carbons (Fsp3) is 0.333. The lowest BCUT2D eigenvalue weighted by molar-refractivity contribution is 0.376. The summed E-state index contributed by atoms with van der Waals surface area (Å²) in [6, 6.07) is 2.15. The van der Waals surface area contributed by atoms with Gasteiger partial charge in [-0.05, 0) is 6.07 Å². The van der Waals surface area contributed by atoms with E-state index in [0.717, 1.165) is 12.1 Å². The summed E-state index contributed by atoms with van der Waals surface area (Å²) in [6.45, 7) is 0.461. The van der Waals surface area contributed by atoms with Gasteiger partial charge in [0.15, 0.2) is 11.6 Å². The second-order valence-corrected chi connectivity index (χ2v) is 2.83. The molecular weight excluding hydrogens is 178 g/mol. The van der Waals surface area contributed by atoms with Crippen molar-refractivity contribution < 1.29 is 18.3 Å². The summed E-state index contributed by atoms with van der Waals surface area (Å²) in [5.74, 6) is -1.13. The summed E-state index contributed by atoms with van der Waals surface area (Å²) in [5.41, 5.74) is 0.262. The summed E-state index contributed by atoms with van der Waals surface area (Å²) in [4.78, 5) is 0. The molecule has 0 spiro atoms. The number of hydrogen-bond acceptors (Lipinski definition) is 2. The molecule has 0 amide bonds. The van der Waals surface area contributed by atoms with Crippen LogP contribution in [-0.4, -0.2) is 13.7 Å². The molecule has 4 heteroatoms. The average molecular weight is 186 g/mol. The van der Waals surface area contributed by atoms with Crippen molar-refractivity contribution in [1.82, 2.24) is 0 Å². The minimum atomic E-state index is -0.561. The van der Waals surface area contributed by atoms with Crippen LogP contribution in [0, 0.1) is 11.6 Å². The van der Waals surface area contributed by atoms with E-state index in [2.05, 4.69) is 4.74 Å². The van der Waals surface area contributed by atoms with Gasteiger partial charge in [0.05, 0.1) is 13.7 Å². The molecule has 1 aliphatic heterocycles. The minimum absolute atomic E-state index is 0.0816. The molecule has 0 bridgehead atoms. The second-order valence-electron chi connectivity index (χ2n) is 2.83. The molecule has 1 saturated heterocycles. The first-order valence-electron chi connectivity index (χ1n) is 3.87. The van der Waals surface area contributed by atoms with Crippen molar-refractivity contribution in [3.63, 3.8) is 0 Å². The standard InChI is InChI=1S/C9H8F2O2/c1-12-8-3-6(10)5(2-7(8)11)9-4-13-9/h2-3,9H,4H2,1H3. The van der Waals surface area contributed by atoms with E-state index in [1.54, 1.807) is 0 Å². The van der Waals surface area contributed by atoms with Gasteiger partial charge in [-0.25, -0.2) is 8.78 Å². The number of methoxy groups -OCH3 is 1. The van der Waals surface area contributed by atoms with Crippen LogP contribution in [0.25, 0.3) is 0 Å². The van der Waals surface area contributed by atoms with E-state index < -0.39 is 11.6 Å². The molecule has 2 nitrogen and oxygen atoms in total. The summed E-state index contributed by atoms with van der Waals surface area (Å²) in [5, 5.41) is 0. The molecule has 1 fully saturated rings. The summed E-state index contributed by atoms with van der Waals surface area (Å²) >= 11 is 0. The van der Waals surface area contributed by atoms with E-state index in [4.69, 9.17) is 4.74 Å². The molecule has 1 atom stereocenters. The lowest BCUT2D eigenvalue weighted by atomic mass is 10.1. The zero-order valence-corrected chi connectivity index (χ0v) is 7.01. The predicted octanol–water partition coefficient (Wildman–Crippen LogP) is 2.04. The number of epoxide rings is 1. The third-order valence-corrected chi connectivity index (χ3v) is 1.95. The van der Waals surface area contributed by atoms with Crippen LogP contribution in [0.1, 0.15) is 11.7 Å². The highest BCUT2D eigenvalue weighted by molar-refractivity contribution is 5.33. The number of hydrogen-bond donors (Lipinski definition) is 0. The molecule has 0 saturated carbocycles. The van der Waals surface area contributed by atoms with Crippen LogP contribution in [0.2, 0.25) is 0 Å². The van der Waals surface area contributed by atoms with Crippen molar-refractivity contribution in [2.24, 2.45) is 0 Å². The lowest BCUT2D eigenvalue weighted by Crippen LogP contribution is -1.94. The number of ether oxygens (including phenoxy) is 2. The van der Waals surface area contributed by atoms with Crippen molar-refractivity contribution in [1.29, 1.82) is 0 Å². The largest absolute Gasteiger partial charge is 0.494 e. The maximum absolute atomic E-state index is 13.2. The number of rotatable bonds is 2. The molecule has 70 valence electrons. The van der Waals surface area contributed by atoms with Gasteiger partial charge >= 0.3 is 0 Å². The number of benzene rings is 1. The normalized spacial score (nSPS) is 20.1. The maximum atomic E-state index is 13.2. The van der Waals surface area contributed by atoms with Crippen LogP contribution in [0.15, 0.2) is 12.1 Å². The molecule has 13 heavy (non-hydrogen) atoms. The zero-order chi connectivity index (χ0) is 9.42. The highest BCUT2D eigenvalue weighted by atomic mass is 19.1.